The minimum Gasteiger partial charge on any atom is -0.369 e. The summed E-state index contributed by atoms with van der Waals surface area (Å²) < 4.78 is 38.7. The summed E-state index contributed by atoms with van der Waals surface area (Å²) in [5, 5.41) is 0. The van der Waals surface area contributed by atoms with E-state index in [0.29, 0.717) is 30.5 Å². The first-order valence-corrected chi connectivity index (χ1v) is 8.48. The molecule has 0 radical (unpaired) electrons. The third-order valence-corrected chi connectivity index (χ3v) is 4.60. The molecule has 3 rings (SSSR count). The summed E-state index contributed by atoms with van der Waals surface area (Å²) in [7, 11) is 0. The lowest BCUT2D eigenvalue weighted by Crippen LogP contribution is -2.44. The highest BCUT2D eigenvalue weighted by Gasteiger charge is 2.31. The zero-order valence-corrected chi connectivity index (χ0v) is 14.4. The lowest BCUT2D eigenvalue weighted by atomic mass is 9.96. The average molecular weight is 377 g/mol. The molecule has 2 amide bonds. The van der Waals surface area contributed by atoms with Gasteiger partial charge in [-0.1, -0.05) is 12.1 Å². The molecule has 8 heteroatoms. The zero-order chi connectivity index (χ0) is 19.6. The Labute approximate surface area is 154 Å². The smallest absolute Gasteiger partial charge is 0.369 e. The first-order chi connectivity index (χ1) is 12.8. The van der Waals surface area contributed by atoms with E-state index in [0.717, 1.165) is 18.3 Å². The number of carbonyl (C=O) groups excluding carboxylic acids is 2. The maximum absolute atomic E-state index is 12.9. The van der Waals surface area contributed by atoms with E-state index in [1.165, 1.54) is 6.07 Å². The van der Waals surface area contributed by atoms with Crippen molar-refractivity contribution in [3.8, 4) is 11.3 Å². The molecule has 0 unspecified atom stereocenters. The lowest BCUT2D eigenvalue weighted by Gasteiger charge is -2.31. The van der Waals surface area contributed by atoms with E-state index < -0.39 is 17.6 Å². The van der Waals surface area contributed by atoms with Gasteiger partial charge >= 0.3 is 6.18 Å². The number of carbonyl (C=O) groups is 2. The van der Waals surface area contributed by atoms with Crippen molar-refractivity contribution in [1.82, 2.24) is 9.88 Å². The number of hydrogen-bond donors (Lipinski definition) is 1. The van der Waals surface area contributed by atoms with Crippen LogP contribution in [0.25, 0.3) is 11.3 Å². The summed E-state index contributed by atoms with van der Waals surface area (Å²) >= 11 is 0. The molecule has 5 nitrogen and oxygen atoms in total. The van der Waals surface area contributed by atoms with Crippen molar-refractivity contribution < 1.29 is 22.8 Å². The van der Waals surface area contributed by atoms with Crippen LogP contribution in [0.1, 0.15) is 28.8 Å². The molecule has 1 atom stereocenters. The van der Waals surface area contributed by atoms with E-state index in [1.54, 1.807) is 23.1 Å². The van der Waals surface area contributed by atoms with Crippen molar-refractivity contribution in [1.29, 1.82) is 0 Å². The number of piperidine rings is 1. The van der Waals surface area contributed by atoms with E-state index in [1.807, 2.05) is 0 Å². The minimum atomic E-state index is -4.47. The Morgan fingerprint density at radius 1 is 1.19 bits per heavy atom. The van der Waals surface area contributed by atoms with Crippen LogP contribution >= 0.6 is 0 Å². The summed E-state index contributed by atoms with van der Waals surface area (Å²) in [6.45, 7) is 0.759. The van der Waals surface area contributed by atoms with Crippen molar-refractivity contribution in [3.05, 3.63) is 53.7 Å². The molecule has 1 fully saturated rings. The number of hydrogen-bond acceptors (Lipinski definition) is 3. The van der Waals surface area contributed by atoms with Gasteiger partial charge in [-0.2, -0.15) is 13.2 Å². The van der Waals surface area contributed by atoms with Gasteiger partial charge in [-0.25, -0.2) is 0 Å². The van der Waals surface area contributed by atoms with Crippen LogP contribution < -0.4 is 5.73 Å². The Balaban J connectivity index is 1.86. The van der Waals surface area contributed by atoms with Gasteiger partial charge in [0.15, 0.2) is 0 Å². The Morgan fingerprint density at radius 3 is 2.67 bits per heavy atom. The first kappa shape index (κ1) is 18.9. The van der Waals surface area contributed by atoms with E-state index in [9.17, 15) is 22.8 Å². The minimum absolute atomic E-state index is 0.133. The second-order valence-electron chi connectivity index (χ2n) is 6.50. The van der Waals surface area contributed by atoms with Gasteiger partial charge in [0.05, 0.1) is 17.2 Å². The lowest BCUT2D eigenvalue weighted by molar-refractivity contribution is -0.137. The standard InChI is InChI=1S/C19H18F3N3O2/c20-19(21,22)15-6-7-24-16(10-15)12-3-1-4-13(9-12)18(27)25-8-2-5-14(11-25)17(23)26/h1,3-4,6-7,9-10,14H,2,5,8,11H2,(H2,23,26)/t14-/m1/s1. The van der Waals surface area contributed by atoms with E-state index in [-0.39, 0.29) is 24.1 Å². The maximum Gasteiger partial charge on any atom is 0.416 e. The molecule has 1 aliphatic heterocycles. The molecule has 0 saturated carbocycles. The molecule has 0 spiro atoms. The largest absolute Gasteiger partial charge is 0.416 e. The van der Waals surface area contributed by atoms with Gasteiger partial charge in [-0.15, -0.1) is 0 Å². The number of nitrogens with zero attached hydrogens (tertiary/aromatic N) is 2. The molecule has 1 aromatic carbocycles. The SMILES string of the molecule is NC(=O)[C@@H]1CCCN(C(=O)c2cccc(-c3cc(C(F)(F)F)ccn3)c2)C1. The topological polar surface area (TPSA) is 76.3 Å². The number of pyridine rings is 1. The highest BCUT2D eigenvalue weighted by atomic mass is 19.4. The molecule has 2 N–H and O–H groups in total. The molecule has 142 valence electrons. The van der Waals surface area contributed by atoms with Gasteiger partial charge in [0.25, 0.3) is 5.91 Å². The number of primary amides is 1. The molecule has 2 aromatic rings. The number of alkyl halides is 3. The van der Waals surface area contributed by atoms with Crippen molar-refractivity contribution >= 4 is 11.8 Å². The number of aromatic nitrogens is 1. The fourth-order valence-electron chi connectivity index (χ4n) is 3.15. The van der Waals surface area contributed by atoms with Crippen molar-refractivity contribution in [3.63, 3.8) is 0 Å². The van der Waals surface area contributed by atoms with Crippen molar-refractivity contribution in [2.45, 2.75) is 19.0 Å². The molecular weight excluding hydrogens is 359 g/mol. The molecule has 0 aliphatic carbocycles. The van der Waals surface area contributed by atoms with Crippen LogP contribution in [0.2, 0.25) is 0 Å². The predicted molar refractivity (Wildman–Crippen MR) is 92.5 cm³/mol. The molecule has 27 heavy (non-hydrogen) atoms. The van der Waals surface area contributed by atoms with Gasteiger partial charge < -0.3 is 10.6 Å². The zero-order valence-electron chi connectivity index (χ0n) is 14.4. The summed E-state index contributed by atoms with van der Waals surface area (Å²) in [4.78, 5) is 29.7. The van der Waals surface area contributed by atoms with Crippen LogP contribution in [-0.2, 0) is 11.0 Å². The molecule has 0 bridgehead atoms. The van der Waals surface area contributed by atoms with E-state index in [4.69, 9.17) is 5.73 Å². The Morgan fingerprint density at radius 2 is 1.96 bits per heavy atom. The van der Waals surface area contributed by atoms with Crippen LogP contribution in [-0.4, -0.2) is 34.8 Å². The number of halogens is 3. The molecule has 1 aliphatic rings. The van der Waals surface area contributed by atoms with E-state index in [2.05, 4.69) is 4.98 Å². The molecule has 2 heterocycles. The molecule has 1 aromatic heterocycles. The van der Waals surface area contributed by atoms with Gasteiger partial charge in [0, 0.05) is 30.4 Å². The number of rotatable bonds is 3. The van der Waals surface area contributed by atoms with Gasteiger partial charge in [-0.3, -0.25) is 14.6 Å². The van der Waals surface area contributed by atoms with Crippen molar-refractivity contribution in [2.24, 2.45) is 11.7 Å². The highest BCUT2D eigenvalue weighted by molar-refractivity contribution is 5.95. The summed E-state index contributed by atoms with van der Waals surface area (Å²) in [5.41, 5.74) is 5.41. The van der Waals surface area contributed by atoms with Crippen LogP contribution in [0.5, 0.6) is 0 Å². The maximum atomic E-state index is 12.9. The number of nitrogens with two attached hydrogens (primary N) is 1. The number of amides is 2. The van der Waals surface area contributed by atoms with Gasteiger partial charge in [0.1, 0.15) is 0 Å². The van der Waals surface area contributed by atoms with Crippen LogP contribution in [0.15, 0.2) is 42.6 Å². The third kappa shape index (κ3) is 4.27. The molecule has 1 saturated heterocycles. The van der Waals surface area contributed by atoms with Crippen LogP contribution in [0.3, 0.4) is 0 Å². The first-order valence-electron chi connectivity index (χ1n) is 8.48. The fourth-order valence-corrected chi connectivity index (χ4v) is 3.15. The Hall–Kier alpha value is -2.90. The molecular formula is C19H18F3N3O2. The normalized spacial score (nSPS) is 17.6. The monoisotopic (exact) mass is 377 g/mol. The Bertz CT molecular complexity index is 867. The predicted octanol–water partition coefficient (Wildman–Crippen LogP) is 3.10. The van der Waals surface area contributed by atoms with Crippen molar-refractivity contribution in [2.75, 3.05) is 13.1 Å². The summed E-state index contributed by atoms with van der Waals surface area (Å²) in [6, 6.07) is 8.15. The Kier molecular flexibility index (Phi) is 5.16. The average Bonchev–Trinajstić information content (AvgIpc) is 2.67. The third-order valence-electron chi connectivity index (χ3n) is 4.60. The quantitative estimate of drug-likeness (QED) is 0.893. The second kappa shape index (κ2) is 7.38. The van der Waals surface area contributed by atoms with Crippen LogP contribution in [0.4, 0.5) is 13.2 Å². The number of benzene rings is 1. The van der Waals surface area contributed by atoms with Crippen LogP contribution in [0, 0.1) is 5.92 Å². The number of likely N-dealkylation sites (tertiary alicyclic amines) is 1. The van der Waals surface area contributed by atoms with Gasteiger partial charge in [-0.05, 0) is 37.1 Å². The van der Waals surface area contributed by atoms with Gasteiger partial charge in [0.2, 0.25) is 5.91 Å². The summed E-state index contributed by atoms with van der Waals surface area (Å²) in [5.74, 6) is -1.10. The summed E-state index contributed by atoms with van der Waals surface area (Å²) in [6.07, 6.45) is -2.06. The fraction of sp³-hybridized carbons (Fsp3) is 0.316. The highest BCUT2D eigenvalue weighted by Crippen LogP contribution is 2.31. The van der Waals surface area contributed by atoms with E-state index >= 15 is 0 Å². The second-order valence-corrected chi connectivity index (χ2v) is 6.50.